The molecule has 130 valence electrons. The van der Waals surface area contributed by atoms with Crippen molar-refractivity contribution in [1.29, 1.82) is 0 Å². The summed E-state index contributed by atoms with van der Waals surface area (Å²) in [7, 11) is -3.36. The second-order valence-electron chi connectivity index (χ2n) is 5.83. The number of sulfonamides is 1. The van der Waals surface area contributed by atoms with E-state index >= 15 is 0 Å². The first-order valence-electron chi connectivity index (χ1n) is 7.42. The summed E-state index contributed by atoms with van der Waals surface area (Å²) in [6.45, 7) is 4.40. The van der Waals surface area contributed by atoms with Crippen LogP contribution in [0.5, 0.6) is 0 Å². The van der Waals surface area contributed by atoms with Crippen molar-refractivity contribution in [3.05, 3.63) is 29.3 Å². The van der Waals surface area contributed by atoms with E-state index in [1.807, 2.05) is 0 Å². The fourth-order valence-corrected chi connectivity index (χ4v) is 3.13. The Balaban J connectivity index is 0.00000264. The van der Waals surface area contributed by atoms with Gasteiger partial charge in [-0.05, 0) is 56.5 Å². The minimum atomic E-state index is -3.36. The molecule has 0 saturated carbocycles. The number of hydrogen-bond donors (Lipinski definition) is 3. The maximum Gasteiger partial charge on any atom is 0.251 e. The summed E-state index contributed by atoms with van der Waals surface area (Å²) < 4.78 is 25.1. The highest BCUT2D eigenvalue weighted by Gasteiger charge is 2.15. The maximum atomic E-state index is 12.2. The predicted molar refractivity (Wildman–Crippen MR) is 94.8 cm³/mol. The Morgan fingerprint density at radius 3 is 2.74 bits per heavy atom. The van der Waals surface area contributed by atoms with Gasteiger partial charge in [0.1, 0.15) is 0 Å². The van der Waals surface area contributed by atoms with Crippen molar-refractivity contribution in [2.45, 2.75) is 19.8 Å². The predicted octanol–water partition coefficient (Wildman–Crippen LogP) is 1.52. The van der Waals surface area contributed by atoms with E-state index in [0.29, 0.717) is 23.7 Å². The van der Waals surface area contributed by atoms with Crippen LogP contribution in [0.15, 0.2) is 18.2 Å². The van der Waals surface area contributed by atoms with Crippen molar-refractivity contribution in [3.63, 3.8) is 0 Å². The Kier molecular flexibility index (Phi) is 7.31. The maximum absolute atomic E-state index is 12.2. The van der Waals surface area contributed by atoms with Crippen LogP contribution in [0.1, 0.15) is 28.8 Å². The second kappa shape index (κ2) is 8.52. The molecule has 1 amide bonds. The Morgan fingerprint density at radius 1 is 1.39 bits per heavy atom. The molecule has 0 bridgehead atoms. The summed E-state index contributed by atoms with van der Waals surface area (Å²) in [6, 6.07) is 5.02. The lowest BCUT2D eigenvalue weighted by molar-refractivity contribution is 0.0945. The van der Waals surface area contributed by atoms with Crippen molar-refractivity contribution in [3.8, 4) is 0 Å². The van der Waals surface area contributed by atoms with E-state index in [4.69, 9.17) is 0 Å². The zero-order valence-electron chi connectivity index (χ0n) is 13.4. The molecule has 1 atom stereocenters. The molecule has 1 aromatic carbocycles. The average molecular weight is 362 g/mol. The topological polar surface area (TPSA) is 87.3 Å². The van der Waals surface area contributed by atoms with Gasteiger partial charge < -0.3 is 10.6 Å². The molecule has 8 heteroatoms. The molecule has 1 saturated heterocycles. The molecule has 1 heterocycles. The third kappa shape index (κ3) is 6.37. The van der Waals surface area contributed by atoms with Gasteiger partial charge in [0.05, 0.1) is 11.9 Å². The number of hydrogen-bond acceptors (Lipinski definition) is 4. The number of halogens is 1. The third-order valence-corrected chi connectivity index (χ3v) is 4.34. The molecule has 3 N–H and O–H groups in total. The molecule has 23 heavy (non-hydrogen) atoms. The van der Waals surface area contributed by atoms with Gasteiger partial charge >= 0.3 is 0 Å². The molecule has 1 aromatic rings. The van der Waals surface area contributed by atoms with E-state index < -0.39 is 10.0 Å². The summed E-state index contributed by atoms with van der Waals surface area (Å²) in [4.78, 5) is 12.2. The Labute approximate surface area is 143 Å². The quantitative estimate of drug-likeness (QED) is 0.742. The van der Waals surface area contributed by atoms with E-state index in [9.17, 15) is 13.2 Å². The zero-order chi connectivity index (χ0) is 16.2. The molecule has 1 aliphatic heterocycles. The first-order valence-corrected chi connectivity index (χ1v) is 9.31. The number of anilines is 1. The highest BCUT2D eigenvalue weighted by Crippen LogP contribution is 2.18. The summed E-state index contributed by atoms with van der Waals surface area (Å²) in [5, 5.41) is 6.23. The summed E-state index contributed by atoms with van der Waals surface area (Å²) >= 11 is 0. The monoisotopic (exact) mass is 361 g/mol. The van der Waals surface area contributed by atoms with E-state index in [1.54, 1.807) is 25.1 Å². The number of rotatable bonds is 5. The van der Waals surface area contributed by atoms with Gasteiger partial charge in [0, 0.05) is 12.1 Å². The van der Waals surface area contributed by atoms with Gasteiger partial charge in [-0.2, -0.15) is 0 Å². The SMILES string of the molecule is Cc1ccc(C(=O)NCC2CCCNC2)cc1NS(C)(=O)=O.Cl. The third-order valence-electron chi connectivity index (χ3n) is 3.75. The van der Waals surface area contributed by atoms with E-state index in [2.05, 4.69) is 15.4 Å². The van der Waals surface area contributed by atoms with Crippen molar-refractivity contribution < 1.29 is 13.2 Å². The number of amides is 1. The molecule has 1 aliphatic rings. The van der Waals surface area contributed by atoms with E-state index in [0.717, 1.165) is 37.8 Å². The van der Waals surface area contributed by atoms with Crippen LogP contribution in [0.3, 0.4) is 0 Å². The van der Waals surface area contributed by atoms with Gasteiger partial charge in [0.2, 0.25) is 10.0 Å². The zero-order valence-corrected chi connectivity index (χ0v) is 15.0. The lowest BCUT2D eigenvalue weighted by Gasteiger charge is -2.23. The number of carbonyl (C=O) groups excluding carboxylic acids is 1. The minimum absolute atomic E-state index is 0. The lowest BCUT2D eigenvalue weighted by atomic mass is 9.99. The van der Waals surface area contributed by atoms with Crippen LogP contribution in [0, 0.1) is 12.8 Å². The van der Waals surface area contributed by atoms with Crippen LogP contribution in [-0.4, -0.2) is 40.2 Å². The van der Waals surface area contributed by atoms with E-state index in [1.165, 1.54) is 0 Å². The molecule has 1 unspecified atom stereocenters. The number of nitrogens with one attached hydrogen (secondary N) is 3. The average Bonchev–Trinajstić information content (AvgIpc) is 2.47. The van der Waals surface area contributed by atoms with Crippen LogP contribution in [0.2, 0.25) is 0 Å². The van der Waals surface area contributed by atoms with Crippen LogP contribution in [0.25, 0.3) is 0 Å². The molecular formula is C15H24ClN3O3S. The van der Waals surface area contributed by atoms with Crippen molar-refractivity contribution in [1.82, 2.24) is 10.6 Å². The smallest absolute Gasteiger partial charge is 0.251 e. The van der Waals surface area contributed by atoms with Crippen molar-refractivity contribution in [2.75, 3.05) is 30.6 Å². The van der Waals surface area contributed by atoms with E-state index in [-0.39, 0.29) is 18.3 Å². The number of aryl methyl sites for hydroxylation is 1. The van der Waals surface area contributed by atoms with Crippen LogP contribution >= 0.6 is 12.4 Å². The largest absolute Gasteiger partial charge is 0.352 e. The standard InChI is InChI=1S/C15H23N3O3S.ClH/c1-11-5-6-13(8-14(11)18-22(2,20)21)15(19)17-10-12-4-3-7-16-9-12;/h5-6,8,12,16,18H,3-4,7,9-10H2,1-2H3,(H,17,19);1H. The highest BCUT2D eigenvalue weighted by molar-refractivity contribution is 7.92. The highest BCUT2D eigenvalue weighted by atomic mass is 35.5. The Bertz CT molecular complexity index is 643. The van der Waals surface area contributed by atoms with Gasteiger partial charge in [-0.15, -0.1) is 12.4 Å². The minimum Gasteiger partial charge on any atom is -0.352 e. The van der Waals surface area contributed by atoms with Gasteiger partial charge in [-0.3, -0.25) is 9.52 Å². The Hall–Kier alpha value is -1.31. The molecule has 0 aromatic heterocycles. The van der Waals surface area contributed by atoms with Gasteiger partial charge in [-0.1, -0.05) is 6.07 Å². The molecule has 6 nitrogen and oxygen atoms in total. The lowest BCUT2D eigenvalue weighted by Crippen LogP contribution is -2.38. The summed E-state index contributed by atoms with van der Waals surface area (Å²) in [5.41, 5.74) is 1.67. The molecular weight excluding hydrogens is 338 g/mol. The van der Waals surface area contributed by atoms with Crippen molar-refractivity contribution >= 4 is 34.0 Å². The van der Waals surface area contributed by atoms with Crippen LogP contribution < -0.4 is 15.4 Å². The number of benzene rings is 1. The molecule has 1 fully saturated rings. The van der Waals surface area contributed by atoms with Gasteiger partial charge in [-0.25, -0.2) is 8.42 Å². The first kappa shape index (κ1) is 19.7. The fraction of sp³-hybridized carbons (Fsp3) is 0.533. The molecule has 2 rings (SSSR count). The normalized spacial score (nSPS) is 17.9. The van der Waals surface area contributed by atoms with Crippen LogP contribution in [-0.2, 0) is 10.0 Å². The number of carbonyl (C=O) groups is 1. The number of piperidine rings is 1. The van der Waals surface area contributed by atoms with Crippen molar-refractivity contribution in [2.24, 2.45) is 5.92 Å². The van der Waals surface area contributed by atoms with Gasteiger partial charge in [0.25, 0.3) is 5.91 Å². The first-order chi connectivity index (χ1) is 10.3. The fourth-order valence-electron chi connectivity index (χ4n) is 2.51. The molecule has 0 radical (unpaired) electrons. The van der Waals surface area contributed by atoms with Crippen LogP contribution in [0.4, 0.5) is 5.69 Å². The summed E-state index contributed by atoms with van der Waals surface area (Å²) in [6.07, 6.45) is 3.34. The van der Waals surface area contributed by atoms with Gasteiger partial charge in [0.15, 0.2) is 0 Å². The molecule has 0 aliphatic carbocycles. The Morgan fingerprint density at radius 2 is 2.13 bits per heavy atom. The second-order valence-corrected chi connectivity index (χ2v) is 7.57. The summed E-state index contributed by atoms with van der Waals surface area (Å²) in [5.74, 6) is 0.277. The molecule has 0 spiro atoms.